The molecule has 1 aromatic rings. The Labute approximate surface area is 120 Å². The van der Waals surface area contributed by atoms with Crippen molar-refractivity contribution in [2.24, 2.45) is 0 Å². The van der Waals surface area contributed by atoms with Crippen LogP contribution in [0.25, 0.3) is 0 Å². The number of halogens is 1. The monoisotopic (exact) mass is 328 g/mol. The Bertz CT molecular complexity index is 501. The van der Waals surface area contributed by atoms with Crippen molar-refractivity contribution < 1.29 is 14.7 Å². The first kappa shape index (κ1) is 15.5. The first-order valence-electron chi connectivity index (χ1n) is 5.77. The molecule has 0 heterocycles. The maximum atomic E-state index is 11.8. The number of rotatable bonds is 4. The van der Waals surface area contributed by atoms with Crippen LogP contribution >= 0.6 is 15.9 Å². The van der Waals surface area contributed by atoms with Crippen LogP contribution in [0, 0.1) is 6.92 Å². The van der Waals surface area contributed by atoms with Crippen molar-refractivity contribution >= 4 is 33.6 Å². The van der Waals surface area contributed by atoms with E-state index in [9.17, 15) is 9.59 Å². The summed E-state index contributed by atoms with van der Waals surface area (Å²) in [5, 5.41) is 14.1. The summed E-state index contributed by atoms with van der Waals surface area (Å²) >= 11 is 3.34. The first-order valence-corrected chi connectivity index (χ1v) is 6.56. The zero-order valence-electron chi connectivity index (χ0n) is 11.1. The third-order valence-corrected chi connectivity index (χ3v) is 3.11. The molecular weight excluding hydrogens is 312 g/mol. The number of aliphatic carboxylic acids is 1. The van der Waals surface area contributed by atoms with Crippen molar-refractivity contribution in [3.63, 3.8) is 0 Å². The number of carboxylic acid groups (broad SMARTS) is 1. The molecule has 0 aliphatic rings. The van der Waals surface area contributed by atoms with Crippen LogP contribution in [0.15, 0.2) is 22.7 Å². The highest BCUT2D eigenvalue weighted by atomic mass is 79.9. The van der Waals surface area contributed by atoms with E-state index in [0.29, 0.717) is 5.69 Å². The van der Waals surface area contributed by atoms with Gasteiger partial charge in [-0.25, -0.2) is 4.79 Å². The zero-order valence-corrected chi connectivity index (χ0v) is 12.7. The van der Waals surface area contributed by atoms with E-state index in [0.717, 1.165) is 10.0 Å². The highest BCUT2D eigenvalue weighted by Gasteiger charge is 2.24. The Morgan fingerprint density at radius 3 is 2.58 bits per heavy atom. The number of carbonyl (C=O) groups excluding carboxylic acids is 1. The van der Waals surface area contributed by atoms with E-state index in [1.165, 1.54) is 0 Å². The number of carboxylic acids is 1. The summed E-state index contributed by atoms with van der Waals surface area (Å²) in [7, 11) is 0. The van der Waals surface area contributed by atoms with Crippen molar-refractivity contribution in [2.75, 3.05) is 5.32 Å². The quantitative estimate of drug-likeness (QED) is 0.794. The van der Waals surface area contributed by atoms with Gasteiger partial charge in [0.25, 0.3) is 0 Å². The van der Waals surface area contributed by atoms with Crippen LogP contribution in [-0.4, -0.2) is 22.6 Å². The molecule has 2 amide bonds. The topological polar surface area (TPSA) is 78.4 Å². The van der Waals surface area contributed by atoms with Crippen LogP contribution in [0.4, 0.5) is 10.5 Å². The Balaban J connectivity index is 2.70. The van der Waals surface area contributed by atoms with Crippen LogP contribution < -0.4 is 10.6 Å². The number of benzene rings is 1. The molecule has 0 aromatic heterocycles. The van der Waals surface area contributed by atoms with Gasteiger partial charge in [-0.1, -0.05) is 6.07 Å². The first-order chi connectivity index (χ1) is 8.69. The van der Waals surface area contributed by atoms with Gasteiger partial charge in [0.05, 0.1) is 12.1 Å². The smallest absolute Gasteiger partial charge is 0.319 e. The lowest BCUT2D eigenvalue weighted by atomic mass is 10.0. The maximum absolute atomic E-state index is 11.8. The summed E-state index contributed by atoms with van der Waals surface area (Å²) in [5.41, 5.74) is 0.846. The fraction of sp³-hybridized carbons (Fsp3) is 0.385. The van der Waals surface area contributed by atoms with Gasteiger partial charge in [-0.2, -0.15) is 0 Å². The molecule has 0 atom stereocenters. The molecule has 5 nitrogen and oxygen atoms in total. The zero-order chi connectivity index (χ0) is 14.6. The van der Waals surface area contributed by atoms with Crippen LogP contribution in [0.2, 0.25) is 0 Å². The summed E-state index contributed by atoms with van der Waals surface area (Å²) in [6, 6.07) is 5.15. The van der Waals surface area contributed by atoms with Gasteiger partial charge in [0.2, 0.25) is 0 Å². The molecule has 0 aliphatic carbocycles. The third-order valence-electron chi connectivity index (χ3n) is 2.42. The molecule has 0 unspecified atom stereocenters. The summed E-state index contributed by atoms with van der Waals surface area (Å²) < 4.78 is 0.768. The minimum atomic E-state index is -0.956. The summed E-state index contributed by atoms with van der Waals surface area (Å²) in [5.74, 6) is -0.956. The number of hydrogen-bond acceptors (Lipinski definition) is 2. The molecular formula is C13H17BrN2O3. The molecule has 6 heteroatoms. The fourth-order valence-corrected chi connectivity index (χ4v) is 1.96. The molecule has 0 saturated heterocycles. The van der Waals surface area contributed by atoms with E-state index in [-0.39, 0.29) is 6.42 Å². The molecule has 0 spiro atoms. The predicted octanol–water partition coefficient (Wildman–Crippen LogP) is 3.13. The number of carbonyl (C=O) groups is 2. The van der Waals surface area contributed by atoms with Crippen LogP contribution in [0.5, 0.6) is 0 Å². The van der Waals surface area contributed by atoms with Crippen molar-refractivity contribution in [1.29, 1.82) is 0 Å². The largest absolute Gasteiger partial charge is 0.481 e. The van der Waals surface area contributed by atoms with Crippen molar-refractivity contribution in [3.8, 4) is 0 Å². The number of anilines is 1. The predicted molar refractivity (Wildman–Crippen MR) is 77.4 cm³/mol. The molecule has 0 radical (unpaired) electrons. The van der Waals surface area contributed by atoms with Crippen molar-refractivity contribution in [1.82, 2.24) is 5.32 Å². The fourth-order valence-electron chi connectivity index (χ4n) is 1.62. The molecule has 19 heavy (non-hydrogen) atoms. The van der Waals surface area contributed by atoms with Gasteiger partial charge in [-0.3, -0.25) is 4.79 Å². The molecule has 1 rings (SSSR count). The second kappa shape index (κ2) is 6.06. The van der Waals surface area contributed by atoms with E-state index < -0.39 is 17.5 Å². The van der Waals surface area contributed by atoms with E-state index in [1.54, 1.807) is 13.8 Å². The van der Waals surface area contributed by atoms with Crippen LogP contribution in [0.3, 0.4) is 0 Å². The Morgan fingerprint density at radius 1 is 1.37 bits per heavy atom. The van der Waals surface area contributed by atoms with Crippen LogP contribution in [0.1, 0.15) is 25.8 Å². The Kier molecular flexibility index (Phi) is 4.94. The minimum Gasteiger partial charge on any atom is -0.481 e. The molecule has 0 saturated carbocycles. The number of hydrogen-bond donors (Lipinski definition) is 3. The molecule has 0 aliphatic heterocycles. The third kappa shape index (κ3) is 5.30. The molecule has 0 fully saturated rings. The minimum absolute atomic E-state index is 0.143. The molecule has 0 bridgehead atoms. The normalized spacial score (nSPS) is 10.9. The van der Waals surface area contributed by atoms with Crippen molar-refractivity contribution in [2.45, 2.75) is 32.7 Å². The number of aryl methyl sites for hydroxylation is 1. The number of amides is 2. The highest BCUT2D eigenvalue weighted by molar-refractivity contribution is 9.10. The summed E-state index contributed by atoms with van der Waals surface area (Å²) in [4.78, 5) is 22.5. The second-order valence-electron chi connectivity index (χ2n) is 5.02. The van der Waals surface area contributed by atoms with Gasteiger partial charge in [-0.05, 0) is 54.4 Å². The molecule has 1 aromatic carbocycles. The van der Waals surface area contributed by atoms with E-state index >= 15 is 0 Å². The molecule has 104 valence electrons. The standard InChI is InChI=1S/C13H17BrN2O3/c1-8-4-5-9(14)10(6-8)15-12(19)16-13(2,3)7-11(17)18/h4-6H,7H2,1-3H3,(H,17,18)(H2,15,16,19). The van der Waals surface area contributed by atoms with Crippen molar-refractivity contribution in [3.05, 3.63) is 28.2 Å². The Hall–Kier alpha value is -1.56. The maximum Gasteiger partial charge on any atom is 0.319 e. The van der Waals surface area contributed by atoms with E-state index in [2.05, 4.69) is 26.6 Å². The van der Waals surface area contributed by atoms with Gasteiger partial charge < -0.3 is 15.7 Å². The van der Waals surface area contributed by atoms with Gasteiger partial charge >= 0.3 is 12.0 Å². The number of nitrogens with one attached hydrogen (secondary N) is 2. The van der Waals surface area contributed by atoms with Gasteiger partial charge in [0.15, 0.2) is 0 Å². The average Bonchev–Trinajstić information content (AvgIpc) is 2.20. The van der Waals surface area contributed by atoms with Crippen LogP contribution in [-0.2, 0) is 4.79 Å². The number of urea groups is 1. The van der Waals surface area contributed by atoms with E-state index in [4.69, 9.17) is 5.11 Å². The van der Waals surface area contributed by atoms with Gasteiger partial charge in [0, 0.05) is 10.0 Å². The molecule has 3 N–H and O–H groups in total. The lowest BCUT2D eigenvalue weighted by Gasteiger charge is -2.24. The highest BCUT2D eigenvalue weighted by Crippen LogP contribution is 2.23. The van der Waals surface area contributed by atoms with Gasteiger partial charge in [-0.15, -0.1) is 0 Å². The second-order valence-corrected chi connectivity index (χ2v) is 5.87. The SMILES string of the molecule is Cc1ccc(Br)c(NC(=O)NC(C)(C)CC(=O)O)c1. The lowest BCUT2D eigenvalue weighted by molar-refractivity contribution is -0.138. The summed E-state index contributed by atoms with van der Waals surface area (Å²) in [6.45, 7) is 5.24. The lowest BCUT2D eigenvalue weighted by Crippen LogP contribution is -2.46. The Morgan fingerprint density at radius 2 is 2.00 bits per heavy atom. The van der Waals surface area contributed by atoms with E-state index in [1.807, 2.05) is 25.1 Å². The average molecular weight is 329 g/mol. The van der Waals surface area contributed by atoms with Gasteiger partial charge in [0.1, 0.15) is 0 Å². The summed E-state index contributed by atoms with van der Waals surface area (Å²) in [6.07, 6.45) is -0.143.